The minimum Gasteiger partial charge on any atom is -0.389 e. The number of H-pyrrole nitrogens is 1. The summed E-state index contributed by atoms with van der Waals surface area (Å²) in [6.07, 6.45) is -0.909. The molecule has 4 rings (SSSR count). The van der Waals surface area contributed by atoms with Crippen LogP contribution in [0.25, 0.3) is 0 Å². The van der Waals surface area contributed by atoms with E-state index in [2.05, 4.69) is 4.98 Å². The number of aliphatic hydroxyl groups is 1. The van der Waals surface area contributed by atoms with Gasteiger partial charge in [-0.3, -0.25) is 14.3 Å². The summed E-state index contributed by atoms with van der Waals surface area (Å²) in [6, 6.07) is 19.0. The number of halogens is 2. The maximum Gasteiger partial charge on any atom is 0.330 e. The lowest BCUT2D eigenvalue weighted by Crippen LogP contribution is -2.67. The molecule has 36 heavy (non-hydrogen) atoms. The molecular formula is C26H30ClFN2O5Si. The molecule has 0 spiro atoms. The van der Waals surface area contributed by atoms with Gasteiger partial charge in [-0.2, -0.15) is 0 Å². The fourth-order valence-electron chi connectivity index (χ4n) is 4.66. The zero-order chi connectivity index (χ0) is 26.1. The quantitative estimate of drug-likeness (QED) is 0.355. The second kappa shape index (κ2) is 10.4. The second-order valence-electron chi connectivity index (χ2n) is 9.90. The van der Waals surface area contributed by atoms with E-state index in [1.54, 1.807) is 0 Å². The highest BCUT2D eigenvalue weighted by Gasteiger charge is 2.61. The Morgan fingerprint density at radius 1 is 1.11 bits per heavy atom. The standard InChI is InChI=1S/C26H30ClFN2O5Si/c1-25(2,3)34-16-20-21(31)22(27)26(35-20,30-15-17(14-28)23(32)29-24(30)33)36(18-10-6-4-7-11-18)19-12-8-5-9-13-19/h4-13,15,20-22,31,36H,14,16H2,1-3H3,(H,29,32,33)/t20-,21-,22-,26+/m1/s1. The van der Waals surface area contributed by atoms with Gasteiger partial charge in [-0.05, 0) is 20.8 Å². The molecule has 1 aromatic heterocycles. The van der Waals surface area contributed by atoms with Crippen LogP contribution < -0.4 is 21.6 Å². The first-order chi connectivity index (χ1) is 17.1. The minimum atomic E-state index is -2.69. The number of benzene rings is 2. The summed E-state index contributed by atoms with van der Waals surface area (Å²) in [7, 11) is -2.69. The van der Waals surface area contributed by atoms with Crippen molar-refractivity contribution >= 4 is 30.8 Å². The lowest BCUT2D eigenvalue weighted by Gasteiger charge is -2.40. The SMILES string of the molecule is CC(C)(C)OC[C@H]1O[C@](n2cc(CF)c(=O)[nH]c2=O)([SiH](c2ccccc2)c2ccccc2)[C@H](Cl)[C@@H]1O. The summed E-state index contributed by atoms with van der Waals surface area (Å²) >= 11 is 7.03. The van der Waals surface area contributed by atoms with Crippen molar-refractivity contribution in [1.29, 1.82) is 0 Å². The average molecular weight is 533 g/mol. The smallest absolute Gasteiger partial charge is 0.330 e. The fourth-order valence-corrected chi connectivity index (χ4v) is 9.21. The van der Waals surface area contributed by atoms with E-state index in [1.165, 1.54) is 10.8 Å². The molecule has 2 N–H and O–H groups in total. The van der Waals surface area contributed by atoms with Gasteiger partial charge in [0.25, 0.3) is 5.56 Å². The topological polar surface area (TPSA) is 93.5 Å². The highest BCUT2D eigenvalue weighted by atomic mass is 35.5. The van der Waals surface area contributed by atoms with Gasteiger partial charge in [0, 0.05) is 6.20 Å². The number of nitrogens with one attached hydrogen (secondary N) is 1. The van der Waals surface area contributed by atoms with Crippen LogP contribution in [0.3, 0.4) is 0 Å². The van der Waals surface area contributed by atoms with Gasteiger partial charge in [-0.15, -0.1) is 11.6 Å². The number of aromatic nitrogens is 2. The van der Waals surface area contributed by atoms with E-state index in [-0.39, 0.29) is 12.2 Å². The zero-order valence-corrected chi connectivity index (χ0v) is 22.3. The molecule has 3 aromatic rings. The van der Waals surface area contributed by atoms with E-state index in [1.807, 2.05) is 81.4 Å². The van der Waals surface area contributed by atoms with E-state index in [0.29, 0.717) is 0 Å². The predicted octanol–water partition coefficient (Wildman–Crippen LogP) is 1.42. The van der Waals surface area contributed by atoms with Crippen LogP contribution in [0.4, 0.5) is 4.39 Å². The Labute approximate surface area is 215 Å². The molecule has 1 aliphatic heterocycles. The Bertz CT molecular complexity index is 1260. The van der Waals surface area contributed by atoms with Crippen LogP contribution in [0.15, 0.2) is 76.4 Å². The zero-order valence-electron chi connectivity index (χ0n) is 20.4. The van der Waals surface area contributed by atoms with Gasteiger partial charge in [0.1, 0.15) is 24.3 Å². The summed E-state index contributed by atoms with van der Waals surface area (Å²) in [5.41, 5.74) is -2.36. The molecule has 1 aliphatic rings. The van der Waals surface area contributed by atoms with Gasteiger partial charge in [0.05, 0.1) is 17.8 Å². The average Bonchev–Trinajstić information content (AvgIpc) is 3.10. The van der Waals surface area contributed by atoms with E-state index in [0.717, 1.165) is 10.4 Å². The van der Waals surface area contributed by atoms with Crippen LogP contribution >= 0.6 is 11.6 Å². The van der Waals surface area contributed by atoms with Gasteiger partial charge in [0.2, 0.25) is 0 Å². The number of aromatic amines is 1. The Morgan fingerprint density at radius 2 is 1.67 bits per heavy atom. The fraction of sp³-hybridized carbons (Fsp3) is 0.385. The third-order valence-electron chi connectivity index (χ3n) is 6.31. The number of hydrogen-bond acceptors (Lipinski definition) is 5. The van der Waals surface area contributed by atoms with Crippen LogP contribution in [-0.4, -0.2) is 53.2 Å². The molecule has 10 heteroatoms. The molecule has 192 valence electrons. The van der Waals surface area contributed by atoms with E-state index in [4.69, 9.17) is 21.1 Å². The monoisotopic (exact) mass is 532 g/mol. The molecular weight excluding hydrogens is 503 g/mol. The van der Waals surface area contributed by atoms with E-state index >= 15 is 0 Å². The normalized spacial score (nSPS) is 24.4. The van der Waals surface area contributed by atoms with Gasteiger partial charge in [0.15, 0.2) is 14.1 Å². The van der Waals surface area contributed by atoms with Crippen LogP contribution in [0.5, 0.6) is 0 Å². The molecule has 4 atom stereocenters. The molecule has 0 saturated carbocycles. The Hall–Kier alpha value is -2.56. The Kier molecular flexibility index (Phi) is 7.68. The van der Waals surface area contributed by atoms with Crippen molar-refractivity contribution in [2.75, 3.05) is 6.61 Å². The second-order valence-corrected chi connectivity index (χ2v) is 13.4. The summed E-state index contributed by atoms with van der Waals surface area (Å²) in [4.78, 5) is 27.7. The first-order valence-corrected chi connectivity index (χ1v) is 13.9. The summed E-state index contributed by atoms with van der Waals surface area (Å²) in [6.45, 7) is 4.58. The maximum absolute atomic E-state index is 13.8. The summed E-state index contributed by atoms with van der Waals surface area (Å²) < 4.78 is 27.5. The van der Waals surface area contributed by atoms with E-state index < -0.39 is 55.3 Å². The number of rotatable bonds is 7. The van der Waals surface area contributed by atoms with Crippen molar-refractivity contribution in [3.8, 4) is 0 Å². The first-order valence-electron chi connectivity index (χ1n) is 11.7. The largest absolute Gasteiger partial charge is 0.389 e. The summed E-state index contributed by atoms with van der Waals surface area (Å²) in [5, 5.41) is 10.4. The van der Waals surface area contributed by atoms with Crippen LogP contribution in [-0.2, 0) is 21.5 Å². The van der Waals surface area contributed by atoms with Gasteiger partial charge in [-0.1, -0.05) is 71.0 Å². The number of hydrogen-bond donors (Lipinski definition) is 2. The van der Waals surface area contributed by atoms with Crippen LogP contribution in [0.2, 0.25) is 0 Å². The molecule has 1 saturated heterocycles. The Balaban J connectivity index is 2.00. The number of nitrogens with zero attached hydrogens (tertiary/aromatic N) is 1. The molecule has 0 bridgehead atoms. The lowest BCUT2D eigenvalue weighted by atomic mass is 10.1. The van der Waals surface area contributed by atoms with Crippen molar-refractivity contribution < 1.29 is 19.0 Å². The predicted molar refractivity (Wildman–Crippen MR) is 140 cm³/mol. The highest BCUT2D eigenvalue weighted by molar-refractivity contribution is 6.87. The third-order valence-corrected chi connectivity index (χ3v) is 10.8. The van der Waals surface area contributed by atoms with Gasteiger partial charge >= 0.3 is 5.69 Å². The van der Waals surface area contributed by atoms with Gasteiger partial charge in [-0.25, -0.2) is 9.18 Å². The van der Waals surface area contributed by atoms with Crippen molar-refractivity contribution in [1.82, 2.24) is 9.55 Å². The lowest BCUT2D eigenvalue weighted by molar-refractivity contribution is -0.114. The number of alkyl halides is 2. The van der Waals surface area contributed by atoms with Crippen molar-refractivity contribution in [2.45, 2.75) is 56.0 Å². The van der Waals surface area contributed by atoms with Crippen molar-refractivity contribution in [3.63, 3.8) is 0 Å². The highest BCUT2D eigenvalue weighted by Crippen LogP contribution is 2.41. The van der Waals surface area contributed by atoms with Crippen LogP contribution in [0, 0.1) is 0 Å². The molecule has 1 fully saturated rings. The van der Waals surface area contributed by atoms with Gasteiger partial charge < -0.3 is 14.6 Å². The van der Waals surface area contributed by atoms with Crippen molar-refractivity contribution in [2.24, 2.45) is 0 Å². The molecule has 0 aliphatic carbocycles. The molecule has 2 heterocycles. The number of ether oxygens (including phenoxy) is 2. The van der Waals surface area contributed by atoms with Crippen molar-refractivity contribution in [3.05, 3.63) is 93.3 Å². The molecule has 7 nitrogen and oxygen atoms in total. The first kappa shape index (κ1) is 26.5. The molecule has 2 aromatic carbocycles. The maximum atomic E-state index is 13.8. The Morgan fingerprint density at radius 3 is 2.17 bits per heavy atom. The van der Waals surface area contributed by atoms with Crippen LogP contribution in [0.1, 0.15) is 26.3 Å². The van der Waals surface area contributed by atoms with E-state index in [9.17, 15) is 19.1 Å². The molecule has 0 amide bonds. The third kappa shape index (κ3) is 4.98. The molecule has 0 unspecified atom stereocenters. The molecule has 0 radical (unpaired) electrons. The number of aliphatic hydroxyl groups excluding tert-OH is 1. The minimum absolute atomic E-state index is 0.0222. The summed E-state index contributed by atoms with van der Waals surface area (Å²) in [5.74, 6) is 0.